The van der Waals surface area contributed by atoms with Crippen LogP contribution in [-0.2, 0) is 4.57 Å². The van der Waals surface area contributed by atoms with Crippen LogP contribution >= 0.6 is 7.14 Å². The third-order valence-corrected chi connectivity index (χ3v) is 7.83. The van der Waals surface area contributed by atoms with Crippen LogP contribution in [0.1, 0.15) is 0 Å². The molecule has 0 radical (unpaired) electrons. The smallest absolute Gasteiger partial charge is 0.222 e. The number of hydrogen-bond acceptors (Lipinski definition) is 7. The van der Waals surface area contributed by atoms with Crippen LogP contribution in [0.5, 0.6) is 0 Å². The summed E-state index contributed by atoms with van der Waals surface area (Å²) in [5, 5.41) is 4.16. The Balaban J connectivity index is 1.53. The average molecular weight is 476 g/mol. The summed E-state index contributed by atoms with van der Waals surface area (Å²) in [5.74, 6) is 0.767. The van der Waals surface area contributed by atoms with Gasteiger partial charge in [-0.05, 0) is 62.8 Å². The Morgan fingerprint density at radius 2 is 1.59 bits per heavy atom. The van der Waals surface area contributed by atoms with E-state index in [1.165, 1.54) is 5.69 Å². The highest BCUT2D eigenvalue weighted by Gasteiger charge is 2.19. The van der Waals surface area contributed by atoms with Crippen LogP contribution in [0.2, 0.25) is 0 Å². The van der Waals surface area contributed by atoms with Crippen molar-refractivity contribution in [3.8, 4) is 5.69 Å². The molecule has 4 aromatic rings. The predicted molar refractivity (Wildman–Crippen MR) is 142 cm³/mol. The van der Waals surface area contributed by atoms with E-state index in [9.17, 15) is 4.57 Å². The highest BCUT2D eigenvalue weighted by Crippen LogP contribution is 2.39. The van der Waals surface area contributed by atoms with Crippen molar-refractivity contribution in [3.05, 3.63) is 60.8 Å². The molecule has 176 valence electrons. The topological polar surface area (TPSA) is 92.3 Å². The third kappa shape index (κ3) is 4.39. The molecule has 2 aromatic heterocycles. The maximum absolute atomic E-state index is 12.9. The van der Waals surface area contributed by atoms with Crippen LogP contribution < -0.4 is 21.3 Å². The molecule has 0 aliphatic carbocycles. The molecule has 3 N–H and O–H groups in total. The number of benzene rings is 2. The van der Waals surface area contributed by atoms with Gasteiger partial charge >= 0.3 is 0 Å². The number of hydrogen-bond donors (Lipinski definition) is 2. The van der Waals surface area contributed by atoms with Gasteiger partial charge in [0.1, 0.15) is 12.7 Å². The summed E-state index contributed by atoms with van der Waals surface area (Å²) in [7, 11) is -0.332. The number of nitrogens with one attached hydrogen (secondary N) is 1. The second kappa shape index (κ2) is 8.78. The Morgan fingerprint density at radius 1 is 0.912 bits per heavy atom. The number of nitrogen functional groups attached to an aromatic ring is 1. The van der Waals surface area contributed by atoms with E-state index in [4.69, 9.17) is 5.73 Å². The monoisotopic (exact) mass is 475 g/mol. The van der Waals surface area contributed by atoms with Gasteiger partial charge in [-0.1, -0.05) is 12.1 Å². The third-order valence-electron chi connectivity index (χ3n) is 6.28. The maximum Gasteiger partial charge on any atom is 0.222 e. The van der Waals surface area contributed by atoms with Crippen molar-refractivity contribution in [1.29, 1.82) is 0 Å². The first-order valence-electron chi connectivity index (χ1n) is 11.4. The molecule has 9 heteroatoms. The SMILES string of the molecule is CN1CCN(c2ccc(-n3ccc4nc(N)nc(Nc5ccccc5P(C)(C)=O)c43)cc2)CC1. The molecule has 0 atom stereocenters. The van der Waals surface area contributed by atoms with Gasteiger partial charge < -0.3 is 30.0 Å². The molecule has 1 aliphatic heterocycles. The minimum Gasteiger partial charge on any atom is -0.369 e. The summed E-state index contributed by atoms with van der Waals surface area (Å²) in [6, 6.07) is 18.1. The number of fused-ring (bicyclic) bond motifs is 1. The fourth-order valence-corrected chi connectivity index (χ4v) is 5.59. The van der Waals surface area contributed by atoms with Crippen molar-refractivity contribution >= 4 is 46.6 Å². The van der Waals surface area contributed by atoms with Gasteiger partial charge in [0.05, 0.1) is 11.2 Å². The van der Waals surface area contributed by atoms with E-state index in [0.717, 1.165) is 53.9 Å². The molecular formula is C25H30N7OP. The Morgan fingerprint density at radius 3 is 2.29 bits per heavy atom. The van der Waals surface area contributed by atoms with Crippen LogP contribution in [-0.4, -0.2) is 66.0 Å². The summed E-state index contributed by atoms with van der Waals surface area (Å²) >= 11 is 0. The Labute approximate surface area is 199 Å². The zero-order valence-corrected chi connectivity index (χ0v) is 20.7. The van der Waals surface area contributed by atoms with Gasteiger partial charge in [0.25, 0.3) is 0 Å². The average Bonchev–Trinajstić information content (AvgIpc) is 3.23. The highest BCUT2D eigenvalue weighted by atomic mass is 31.2. The van der Waals surface area contributed by atoms with E-state index < -0.39 is 7.14 Å². The van der Waals surface area contributed by atoms with Crippen LogP contribution in [0.3, 0.4) is 0 Å². The Hall–Kier alpha value is -3.35. The summed E-state index contributed by atoms with van der Waals surface area (Å²) in [6.07, 6.45) is 1.98. The molecule has 1 aliphatic rings. The van der Waals surface area contributed by atoms with Crippen LogP contribution in [0, 0.1) is 0 Å². The van der Waals surface area contributed by atoms with Gasteiger partial charge in [-0.25, -0.2) is 4.98 Å². The first-order valence-corrected chi connectivity index (χ1v) is 14.0. The van der Waals surface area contributed by atoms with Crippen LogP contribution in [0.25, 0.3) is 16.7 Å². The molecule has 1 saturated heterocycles. The largest absolute Gasteiger partial charge is 0.369 e. The lowest BCUT2D eigenvalue weighted by Gasteiger charge is -2.34. The lowest BCUT2D eigenvalue weighted by Crippen LogP contribution is -2.44. The molecule has 34 heavy (non-hydrogen) atoms. The lowest BCUT2D eigenvalue weighted by molar-refractivity contribution is 0.313. The summed E-state index contributed by atoms with van der Waals surface area (Å²) < 4.78 is 14.9. The second-order valence-corrected chi connectivity index (χ2v) is 12.3. The van der Waals surface area contributed by atoms with Crippen molar-refractivity contribution in [1.82, 2.24) is 19.4 Å². The summed E-state index contributed by atoms with van der Waals surface area (Å²) in [4.78, 5) is 13.7. The molecule has 0 saturated carbocycles. The van der Waals surface area contributed by atoms with Crippen molar-refractivity contribution in [2.45, 2.75) is 0 Å². The minimum atomic E-state index is -2.49. The minimum absolute atomic E-state index is 0.187. The number of piperazine rings is 1. The number of likely N-dealkylation sites (N-methyl/N-ethyl adjacent to an activating group) is 1. The zero-order valence-electron chi connectivity index (χ0n) is 19.8. The van der Waals surface area contributed by atoms with Crippen molar-refractivity contribution in [3.63, 3.8) is 0 Å². The first kappa shape index (κ1) is 22.4. The molecule has 0 unspecified atom stereocenters. The molecule has 0 bridgehead atoms. The molecule has 0 spiro atoms. The van der Waals surface area contributed by atoms with Gasteiger partial charge in [0.2, 0.25) is 5.95 Å². The van der Waals surface area contributed by atoms with Crippen molar-refractivity contribution in [2.75, 3.05) is 62.5 Å². The highest BCUT2D eigenvalue weighted by molar-refractivity contribution is 7.70. The van der Waals surface area contributed by atoms with E-state index in [2.05, 4.69) is 61.0 Å². The number of nitrogens with two attached hydrogens (primary N) is 1. The predicted octanol–water partition coefficient (Wildman–Crippen LogP) is 3.75. The fraction of sp³-hybridized carbons (Fsp3) is 0.280. The number of nitrogens with zero attached hydrogens (tertiary/aromatic N) is 5. The normalized spacial score (nSPS) is 15.1. The molecule has 1 fully saturated rings. The number of para-hydroxylation sites is 1. The molecule has 2 aromatic carbocycles. The van der Waals surface area contributed by atoms with E-state index in [0.29, 0.717) is 5.82 Å². The number of anilines is 4. The van der Waals surface area contributed by atoms with E-state index in [-0.39, 0.29) is 5.95 Å². The van der Waals surface area contributed by atoms with Crippen molar-refractivity contribution < 1.29 is 4.57 Å². The van der Waals surface area contributed by atoms with Gasteiger partial charge in [-0.15, -0.1) is 0 Å². The van der Waals surface area contributed by atoms with Gasteiger partial charge in [-0.2, -0.15) is 4.98 Å². The van der Waals surface area contributed by atoms with Crippen LogP contribution in [0.15, 0.2) is 60.8 Å². The maximum atomic E-state index is 12.9. The van der Waals surface area contributed by atoms with E-state index >= 15 is 0 Å². The van der Waals surface area contributed by atoms with E-state index in [1.54, 1.807) is 13.3 Å². The van der Waals surface area contributed by atoms with Crippen molar-refractivity contribution in [2.24, 2.45) is 0 Å². The Bertz CT molecular complexity index is 1370. The molecule has 8 nitrogen and oxygen atoms in total. The fourth-order valence-electron chi connectivity index (χ4n) is 4.43. The zero-order chi connectivity index (χ0) is 23.9. The quantitative estimate of drug-likeness (QED) is 0.425. The van der Waals surface area contributed by atoms with Gasteiger partial charge in [0, 0.05) is 49.1 Å². The molecular weight excluding hydrogens is 445 g/mol. The number of aromatic nitrogens is 3. The standard InChI is InChI=1S/C25H30N7OP/c1-30-14-16-31(17-15-30)18-8-10-19(11-9-18)32-13-12-21-23(32)24(29-25(26)28-21)27-20-6-4-5-7-22(20)34(2,3)33/h4-13H,14-17H2,1-3H3,(H3,26,27,28,29). The van der Waals surface area contributed by atoms with E-state index in [1.807, 2.05) is 36.5 Å². The second-order valence-electron chi connectivity index (χ2n) is 9.15. The molecule has 0 amide bonds. The summed E-state index contributed by atoms with van der Waals surface area (Å²) in [5.41, 5.74) is 10.6. The lowest BCUT2D eigenvalue weighted by atomic mass is 10.2. The first-order chi connectivity index (χ1) is 16.3. The van der Waals surface area contributed by atoms with Gasteiger partial charge in [-0.3, -0.25) is 0 Å². The Kier molecular flexibility index (Phi) is 5.80. The number of rotatable bonds is 5. The van der Waals surface area contributed by atoms with Gasteiger partial charge in [0.15, 0.2) is 5.82 Å². The molecule has 3 heterocycles. The molecule has 5 rings (SSSR count). The van der Waals surface area contributed by atoms with Crippen LogP contribution in [0.4, 0.5) is 23.1 Å². The summed E-state index contributed by atoms with van der Waals surface area (Å²) in [6.45, 7) is 7.73.